The molecule has 108 valence electrons. The average molecular weight is 308 g/mol. The van der Waals surface area contributed by atoms with Crippen molar-refractivity contribution in [2.75, 3.05) is 10.6 Å². The summed E-state index contributed by atoms with van der Waals surface area (Å²) in [5.41, 5.74) is 6.55. The Balaban J connectivity index is 2.68. The summed E-state index contributed by atoms with van der Waals surface area (Å²) in [5, 5.41) is -0.797. The quantitative estimate of drug-likeness (QED) is 0.524. The summed E-state index contributed by atoms with van der Waals surface area (Å²) in [7, 11) is 17.2. The number of pyridine rings is 1. The zero-order chi connectivity index (χ0) is 17.1. The second kappa shape index (κ2) is 5.01. The van der Waals surface area contributed by atoms with Crippen LogP contribution in [0.2, 0.25) is 5.02 Å². The first-order valence-electron chi connectivity index (χ1n) is 7.65. The number of ether oxygens (including phenoxy) is 1. The summed E-state index contributed by atoms with van der Waals surface area (Å²) in [6.45, 7) is 0. The van der Waals surface area contributed by atoms with Crippen LogP contribution in [0.4, 0.5) is 11.5 Å². The van der Waals surface area contributed by atoms with E-state index in [0.29, 0.717) is 10.7 Å². The highest BCUT2D eigenvalue weighted by Gasteiger charge is 2.58. The lowest BCUT2D eigenvalue weighted by atomic mass is 9.30. The van der Waals surface area contributed by atoms with E-state index in [2.05, 4.69) is 72.7 Å². The lowest BCUT2D eigenvalue weighted by molar-refractivity contribution is -0.0256. The zero-order valence-corrected chi connectivity index (χ0v) is 15.7. The maximum absolute atomic E-state index is 6.47. The number of aromatic nitrogens is 1. The van der Waals surface area contributed by atoms with E-state index in [1.807, 2.05) is 6.07 Å². The predicted octanol–water partition coefficient (Wildman–Crippen LogP) is -7.17. The molecule has 2 heterocycles. The molecule has 0 radical (unpaired) electrons. The van der Waals surface area contributed by atoms with Crippen molar-refractivity contribution in [3.63, 3.8) is 0 Å². The van der Waals surface area contributed by atoms with Gasteiger partial charge in [-0.2, -0.15) is 0 Å². The van der Waals surface area contributed by atoms with Crippen molar-refractivity contribution in [1.29, 1.82) is 0 Å². The summed E-state index contributed by atoms with van der Waals surface area (Å²) in [6, 6.07) is 1.85. The Labute approximate surface area is 145 Å². The van der Waals surface area contributed by atoms with Crippen molar-refractivity contribution in [3.8, 4) is 0 Å². The second-order valence-electron chi connectivity index (χ2n) is 8.14. The Morgan fingerprint density at radius 2 is 1.45 bits per heavy atom. The van der Waals surface area contributed by atoms with E-state index in [4.69, 9.17) is 22.1 Å². The van der Waals surface area contributed by atoms with Crippen molar-refractivity contribution >= 4 is 85.9 Å². The van der Waals surface area contributed by atoms with Crippen LogP contribution in [-0.4, -0.2) is 89.2 Å². The van der Waals surface area contributed by atoms with E-state index in [1.165, 1.54) is 0 Å². The third-order valence-electron chi connectivity index (χ3n) is 5.67. The number of nitrogens with two attached hydrogens (primary N) is 1. The van der Waals surface area contributed by atoms with Crippen LogP contribution < -0.4 is 10.6 Å². The Morgan fingerprint density at radius 1 is 1.00 bits per heavy atom. The first kappa shape index (κ1) is 17.9. The number of hydrogen-bond acceptors (Lipinski definition) is 4. The minimum Gasteiger partial charge on any atom is -0.402 e. The van der Waals surface area contributed by atoms with Gasteiger partial charge in [-0.3, -0.25) is 0 Å². The molecule has 4 nitrogen and oxygen atoms in total. The highest BCUT2D eigenvalue weighted by molar-refractivity contribution is 6.61. The van der Waals surface area contributed by atoms with Gasteiger partial charge in [0, 0.05) is 23.1 Å². The van der Waals surface area contributed by atoms with Gasteiger partial charge in [0.25, 0.3) is 0 Å². The molecule has 2 rings (SSSR count). The summed E-state index contributed by atoms with van der Waals surface area (Å²) < 4.78 is 6.47. The van der Waals surface area contributed by atoms with Crippen molar-refractivity contribution in [2.24, 2.45) is 0 Å². The maximum atomic E-state index is 6.47. The largest absolute Gasteiger partial charge is 0.402 e. The number of rotatable bonds is 1. The topological polar surface area (TPSA) is 51.4 Å². The molecular formula is C9H20B8ClN3O. The monoisotopic (exact) mass is 309 g/mol. The molecule has 0 atom stereocenters. The molecule has 1 aromatic heterocycles. The SMILES string of the molecule is BC1(B)OC(B)(B)C(B)(B)N(c2cc(N)c(Cl)cn2)C1(B)B. The third-order valence-corrected chi connectivity index (χ3v) is 5.99. The van der Waals surface area contributed by atoms with Crippen LogP contribution in [0.1, 0.15) is 0 Å². The number of nitrogens with zero attached hydrogens (tertiary/aromatic N) is 2. The molecule has 0 bridgehead atoms. The summed E-state index contributed by atoms with van der Waals surface area (Å²) >= 11 is 6.04. The highest BCUT2D eigenvalue weighted by atomic mass is 35.5. The summed E-state index contributed by atoms with van der Waals surface area (Å²) in [6.07, 6.45) is 1.62. The fraction of sp³-hybridized carbons (Fsp3) is 0.444. The van der Waals surface area contributed by atoms with Gasteiger partial charge in [0.1, 0.15) is 68.6 Å². The molecule has 0 spiro atoms. The first-order valence-corrected chi connectivity index (χ1v) is 8.03. The lowest BCUT2D eigenvalue weighted by Crippen LogP contribution is -2.86. The Morgan fingerprint density at radius 3 is 1.86 bits per heavy atom. The van der Waals surface area contributed by atoms with E-state index < -0.39 is 0 Å². The fourth-order valence-electron chi connectivity index (χ4n) is 3.26. The first-order chi connectivity index (χ1) is 9.74. The van der Waals surface area contributed by atoms with E-state index in [1.54, 1.807) is 6.20 Å². The summed E-state index contributed by atoms with van der Waals surface area (Å²) in [5.74, 6) is 0.821. The van der Waals surface area contributed by atoms with Crippen LogP contribution in [0.15, 0.2) is 12.3 Å². The van der Waals surface area contributed by atoms with Crippen LogP contribution >= 0.6 is 11.6 Å². The van der Waals surface area contributed by atoms with Gasteiger partial charge < -0.3 is 15.4 Å². The number of anilines is 2. The number of halogens is 1. The molecular weight excluding hydrogens is 288 g/mol. The van der Waals surface area contributed by atoms with Crippen LogP contribution in [0, 0.1) is 0 Å². The molecule has 2 N–H and O–H groups in total. The van der Waals surface area contributed by atoms with Crippen molar-refractivity contribution in [1.82, 2.24) is 4.98 Å². The van der Waals surface area contributed by atoms with Gasteiger partial charge in [-0.25, -0.2) is 4.98 Å². The van der Waals surface area contributed by atoms with Gasteiger partial charge in [-0.15, -0.1) is 0 Å². The van der Waals surface area contributed by atoms with E-state index in [9.17, 15) is 0 Å². The van der Waals surface area contributed by atoms with Gasteiger partial charge in [-0.05, 0) is 10.7 Å². The highest BCUT2D eigenvalue weighted by Crippen LogP contribution is 2.42. The van der Waals surface area contributed by atoms with Crippen molar-refractivity contribution in [3.05, 3.63) is 17.3 Å². The van der Waals surface area contributed by atoms with Gasteiger partial charge in [-0.1, -0.05) is 11.6 Å². The molecule has 1 aliphatic heterocycles. The normalized spacial score (nSPS) is 24.7. The predicted molar refractivity (Wildman–Crippen MR) is 116 cm³/mol. The molecule has 0 amide bonds. The van der Waals surface area contributed by atoms with Gasteiger partial charge in [0.2, 0.25) is 0 Å². The van der Waals surface area contributed by atoms with Crippen LogP contribution in [0.5, 0.6) is 0 Å². The zero-order valence-electron chi connectivity index (χ0n) is 14.9. The van der Waals surface area contributed by atoms with E-state index in [0.717, 1.165) is 5.82 Å². The maximum Gasteiger partial charge on any atom is 0.133 e. The van der Waals surface area contributed by atoms with Crippen LogP contribution in [0.3, 0.4) is 0 Å². The molecule has 1 fully saturated rings. The Kier molecular flexibility index (Phi) is 4.07. The Bertz CT molecular complexity index is 585. The lowest BCUT2D eigenvalue weighted by Gasteiger charge is -2.69. The minimum atomic E-state index is -0.359. The molecule has 22 heavy (non-hydrogen) atoms. The number of nitrogen functional groups attached to an aromatic ring is 1. The van der Waals surface area contributed by atoms with Crippen molar-refractivity contribution < 1.29 is 4.74 Å². The molecule has 0 saturated carbocycles. The molecule has 1 aliphatic rings. The standard InChI is InChI=1S/C9H20B8ClN3O/c10-6(11)8(14,15)22-9(16,17)7(12,13)21(6)5-1-4(19)3(18)2-20-5/h1-2H,10-17H2,(H2,19,20). The van der Waals surface area contributed by atoms with E-state index in [-0.39, 0.29) is 21.5 Å². The molecule has 0 unspecified atom stereocenters. The minimum absolute atomic E-state index is 0.278. The molecule has 13 heteroatoms. The molecule has 1 saturated heterocycles. The third kappa shape index (κ3) is 2.43. The van der Waals surface area contributed by atoms with Crippen molar-refractivity contribution in [2.45, 2.75) is 21.5 Å². The average Bonchev–Trinajstić information content (AvgIpc) is 2.30. The number of morpholine rings is 1. The fourth-order valence-corrected chi connectivity index (χ4v) is 3.37. The van der Waals surface area contributed by atoms with Crippen LogP contribution in [-0.2, 0) is 4.74 Å². The van der Waals surface area contributed by atoms with E-state index >= 15 is 0 Å². The molecule has 0 aromatic carbocycles. The molecule has 1 aromatic rings. The van der Waals surface area contributed by atoms with Gasteiger partial charge in [0.15, 0.2) is 0 Å². The van der Waals surface area contributed by atoms with Crippen LogP contribution in [0.25, 0.3) is 0 Å². The molecule has 0 aliphatic carbocycles. The summed E-state index contributed by atoms with van der Waals surface area (Å²) in [4.78, 5) is 6.86. The van der Waals surface area contributed by atoms with Gasteiger partial charge >= 0.3 is 0 Å². The van der Waals surface area contributed by atoms with Gasteiger partial charge in [0.05, 0.1) is 10.7 Å². The Hall–Kier alpha value is -0.481. The smallest absolute Gasteiger partial charge is 0.133 e. The second-order valence-corrected chi connectivity index (χ2v) is 8.55. The number of hydrogen-bond donors (Lipinski definition) is 1.